The minimum absolute atomic E-state index is 0.0927. The summed E-state index contributed by atoms with van der Waals surface area (Å²) in [4.78, 5) is 2.18. The van der Waals surface area contributed by atoms with Crippen molar-refractivity contribution in [1.82, 2.24) is 10.2 Å². The molecule has 2 heterocycles. The smallest absolute Gasteiger partial charge is 0.120 e. The SMILES string of the molecule is Cc1cc(CN(C)Cc2ccco2)oc1CNC(C)(C)C. The van der Waals surface area contributed by atoms with Gasteiger partial charge in [0.2, 0.25) is 0 Å². The zero-order valence-electron chi connectivity index (χ0n) is 13.7. The predicted octanol–water partition coefficient (Wildman–Crippen LogP) is 3.70. The Bertz CT molecular complexity index is 550. The van der Waals surface area contributed by atoms with Gasteiger partial charge in [-0.2, -0.15) is 0 Å². The van der Waals surface area contributed by atoms with Gasteiger partial charge in [0.05, 0.1) is 25.9 Å². The standard InChI is InChI=1S/C17H26N2O2/c1-13-9-15(21-16(13)10-18-17(2,3)4)12-19(5)11-14-7-6-8-20-14/h6-9,18H,10-12H2,1-5H3. The Labute approximate surface area is 127 Å². The lowest BCUT2D eigenvalue weighted by Gasteiger charge is -2.19. The molecule has 0 saturated heterocycles. The summed E-state index contributed by atoms with van der Waals surface area (Å²) < 4.78 is 11.3. The van der Waals surface area contributed by atoms with E-state index in [0.29, 0.717) is 0 Å². The quantitative estimate of drug-likeness (QED) is 0.880. The molecule has 0 aliphatic carbocycles. The molecule has 116 valence electrons. The van der Waals surface area contributed by atoms with Crippen LogP contribution >= 0.6 is 0 Å². The van der Waals surface area contributed by atoms with Crippen LogP contribution in [0.5, 0.6) is 0 Å². The Kier molecular flexibility index (Phi) is 4.91. The van der Waals surface area contributed by atoms with Crippen LogP contribution in [0.15, 0.2) is 33.3 Å². The topological polar surface area (TPSA) is 41.6 Å². The van der Waals surface area contributed by atoms with E-state index in [1.54, 1.807) is 6.26 Å². The molecule has 21 heavy (non-hydrogen) atoms. The largest absolute Gasteiger partial charge is 0.468 e. The first kappa shape index (κ1) is 15.9. The van der Waals surface area contributed by atoms with Gasteiger partial charge < -0.3 is 14.2 Å². The molecule has 0 radical (unpaired) electrons. The van der Waals surface area contributed by atoms with Gasteiger partial charge in [-0.1, -0.05) is 0 Å². The van der Waals surface area contributed by atoms with E-state index in [9.17, 15) is 0 Å². The summed E-state index contributed by atoms with van der Waals surface area (Å²) in [6.45, 7) is 10.9. The van der Waals surface area contributed by atoms with E-state index >= 15 is 0 Å². The van der Waals surface area contributed by atoms with Crippen molar-refractivity contribution >= 4 is 0 Å². The molecule has 4 nitrogen and oxygen atoms in total. The Morgan fingerprint density at radius 2 is 1.90 bits per heavy atom. The maximum absolute atomic E-state index is 5.96. The summed E-state index contributed by atoms with van der Waals surface area (Å²) in [5, 5.41) is 3.46. The van der Waals surface area contributed by atoms with Gasteiger partial charge in [-0.3, -0.25) is 4.90 Å². The molecule has 1 N–H and O–H groups in total. The molecule has 4 heteroatoms. The van der Waals surface area contributed by atoms with Crippen molar-refractivity contribution in [2.75, 3.05) is 7.05 Å². The lowest BCUT2D eigenvalue weighted by molar-refractivity contribution is 0.259. The molecule has 0 amide bonds. The van der Waals surface area contributed by atoms with Crippen LogP contribution in [0.1, 0.15) is 43.6 Å². The number of nitrogens with one attached hydrogen (secondary N) is 1. The van der Waals surface area contributed by atoms with Gasteiger partial charge in [-0.25, -0.2) is 0 Å². The average Bonchev–Trinajstić information content (AvgIpc) is 2.96. The van der Waals surface area contributed by atoms with Crippen molar-refractivity contribution < 1.29 is 8.83 Å². The van der Waals surface area contributed by atoms with Crippen molar-refractivity contribution in [1.29, 1.82) is 0 Å². The van der Waals surface area contributed by atoms with Gasteiger partial charge in [0.1, 0.15) is 17.3 Å². The third-order valence-corrected chi connectivity index (χ3v) is 3.28. The summed E-state index contributed by atoms with van der Waals surface area (Å²) in [6, 6.07) is 6.03. The highest BCUT2D eigenvalue weighted by molar-refractivity contribution is 5.20. The normalized spacial score (nSPS) is 12.3. The third kappa shape index (κ3) is 5.06. The lowest BCUT2D eigenvalue weighted by atomic mass is 10.1. The summed E-state index contributed by atoms with van der Waals surface area (Å²) in [7, 11) is 2.06. The minimum Gasteiger partial charge on any atom is -0.468 e. The molecule has 2 aromatic rings. The zero-order valence-corrected chi connectivity index (χ0v) is 13.7. The number of nitrogens with zero attached hydrogens (tertiary/aromatic N) is 1. The van der Waals surface area contributed by atoms with E-state index in [1.165, 1.54) is 5.56 Å². The molecule has 0 unspecified atom stereocenters. The number of aryl methyl sites for hydroxylation is 1. The van der Waals surface area contributed by atoms with Crippen LogP contribution in [0.4, 0.5) is 0 Å². The summed E-state index contributed by atoms with van der Waals surface area (Å²) in [5.41, 5.74) is 1.29. The lowest BCUT2D eigenvalue weighted by Crippen LogP contribution is -2.35. The third-order valence-electron chi connectivity index (χ3n) is 3.28. The first-order chi connectivity index (χ1) is 9.83. The first-order valence-electron chi connectivity index (χ1n) is 7.37. The van der Waals surface area contributed by atoms with E-state index in [4.69, 9.17) is 8.83 Å². The van der Waals surface area contributed by atoms with E-state index in [0.717, 1.165) is 36.9 Å². The zero-order chi connectivity index (χ0) is 15.5. The van der Waals surface area contributed by atoms with Crippen LogP contribution < -0.4 is 5.32 Å². The second kappa shape index (κ2) is 6.50. The second-order valence-corrected chi connectivity index (χ2v) is 6.67. The first-order valence-corrected chi connectivity index (χ1v) is 7.37. The molecule has 0 aliphatic rings. The highest BCUT2D eigenvalue weighted by Crippen LogP contribution is 2.17. The van der Waals surface area contributed by atoms with Crippen LogP contribution in [-0.4, -0.2) is 17.5 Å². The summed E-state index contributed by atoms with van der Waals surface area (Å²) in [5.74, 6) is 2.98. The van der Waals surface area contributed by atoms with Gasteiger partial charge in [0.25, 0.3) is 0 Å². The molecule has 2 aromatic heterocycles. The predicted molar refractivity (Wildman–Crippen MR) is 83.9 cm³/mol. The Morgan fingerprint density at radius 3 is 2.52 bits per heavy atom. The van der Waals surface area contributed by atoms with Gasteiger partial charge in [-0.05, 0) is 58.5 Å². The van der Waals surface area contributed by atoms with Crippen molar-refractivity contribution in [3.63, 3.8) is 0 Å². The van der Waals surface area contributed by atoms with E-state index < -0.39 is 0 Å². The van der Waals surface area contributed by atoms with Crippen molar-refractivity contribution in [3.8, 4) is 0 Å². The van der Waals surface area contributed by atoms with E-state index in [1.807, 2.05) is 12.1 Å². The highest BCUT2D eigenvalue weighted by Gasteiger charge is 2.14. The summed E-state index contributed by atoms with van der Waals surface area (Å²) in [6.07, 6.45) is 1.70. The Balaban J connectivity index is 1.92. The van der Waals surface area contributed by atoms with E-state index in [2.05, 4.69) is 51.0 Å². The molecule has 0 fully saturated rings. The van der Waals surface area contributed by atoms with Crippen molar-refractivity contribution in [3.05, 3.63) is 47.3 Å². The van der Waals surface area contributed by atoms with Crippen LogP contribution in [0, 0.1) is 6.92 Å². The van der Waals surface area contributed by atoms with Crippen LogP contribution in [0.2, 0.25) is 0 Å². The van der Waals surface area contributed by atoms with Gasteiger partial charge in [0, 0.05) is 5.54 Å². The molecular weight excluding hydrogens is 264 g/mol. The van der Waals surface area contributed by atoms with Crippen LogP contribution in [-0.2, 0) is 19.6 Å². The number of hydrogen-bond donors (Lipinski definition) is 1. The number of furan rings is 2. The minimum atomic E-state index is 0.0927. The number of hydrogen-bond acceptors (Lipinski definition) is 4. The molecule has 0 aromatic carbocycles. The molecule has 0 spiro atoms. The molecule has 0 bridgehead atoms. The maximum atomic E-state index is 5.96. The summed E-state index contributed by atoms with van der Waals surface area (Å²) >= 11 is 0. The highest BCUT2D eigenvalue weighted by atomic mass is 16.3. The van der Waals surface area contributed by atoms with Crippen molar-refractivity contribution in [2.45, 2.75) is 52.9 Å². The van der Waals surface area contributed by atoms with Crippen LogP contribution in [0.25, 0.3) is 0 Å². The van der Waals surface area contributed by atoms with E-state index in [-0.39, 0.29) is 5.54 Å². The fraction of sp³-hybridized carbons (Fsp3) is 0.529. The fourth-order valence-corrected chi connectivity index (χ4v) is 2.18. The monoisotopic (exact) mass is 290 g/mol. The van der Waals surface area contributed by atoms with Gasteiger partial charge >= 0.3 is 0 Å². The second-order valence-electron chi connectivity index (χ2n) is 6.67. The fourth-order valence-electron chi connectivity index (χ4n) is 2.18. The van der Waals surface area contributed by atoms with Gasteiger partial charge in [-0.15, -0.1) is 0 Å². The van der Waals surface area contributed by atoms with Crippen LogP contribution in [0.3, 0.4) is 0 Å². The molecule has 0 aliphatic heterocycles. The number of rotatable bonds is 6. The molecule has 2 rings (SSSR count). The molecule has 0 atom stereocenters. The average molecular weight is 290 g/mol. The molecule has 0 saturated carbocycles. The maximum Gasteiger partial charge on any atom is 0.120 e. The molecular formula is C17H26N2O2. The Morgan fingerprint density at radius 1 is 1.19 bits per heavy atom. The van der Waals surface area contributed by atoms with Gasteiger partial charge in [0.15, 0.2) is 0 Å². The van der Waals surface area contributed by atoms with Crippen molar-refractivity contribution in [2.24, 2.45) is 0 Å². The Hall–Kier alpha value is -1.52.